The summed E-state index contributed by atoms with van der Waals surface area (Å²) in [5, 5.41) is 0. The maximum absolute atomic E-state index is 11.4. The van der Waals surface area contributed by atoms with Gasteiger partial charge in [0.05, 0.1) is 6.33 Å². The molecule has 1 heterocycles. The Hall–Kier alpha value is -1.65. The van der Waals surface area contributed by atoms with Gasteiger partial charge in [0, 0.05) is 6.20 Å². The predicted molar refractivity (Wildman–Crippen MR) is 53.5 cm³/mol. The highest BCUT2D eigenvalue weighted by molar-refractivity contribution is 5.72. The normalized spacial score (nSPS) is 11.1. The number of hydrogen-bond donors (Lipinski definition) is 0. The summed E-state index contributed by atoms with van der Waals surface area (Å²) in [6.45, 7) is 5.47. The molecule has 0 aromatic carbocycles. The van der Waals surface area contributed by atoms with Crippen LogP contribution in [0.4, 0.5) is 0 Å². The topological polar surface area (TPSA) is 61.2 Å². The van der Waals surface area contributed by atoms with E-state index in [1.165, 1.54) is 17.1 Å². The first-order valence-corrected chi connectivity index (χ1v) is 4.59. The third kappa shape index (κ3) is 3.93. The zero-order valence-electron chi connectivity index (χ0n) is 9.06. The third-order valence-corrected chi connectivity index (χ3v) is 1.51. The molecule has 1 rings (SSSR count). The summed E-state index contributed by atoms with van der Waals surface area (Å²) in [7, 11) is 0. The number of hydrogen-bond acceptors (Lipinski definition) is 4. The molecule has 0 amide bonds. The largest absolute Gasteiger partial charge is 0.459 e. The van der Waals surface area contributed by atoms with Crippen molar-refractivity contribution in [1.82, 2.24) is 9.55 Å². The number of carbonyl (C=O) groups excluding carboxylic acids is 2. The number of ether oxygens (including phenoxy) is 1. The average molecular weight is 210 g/mol. The van der Waals surface area contributed by atoms with Gasteiger partial charge >= 0.3 is 5.97 Å². The van der Waals surface area contributed by atoms with Crippen LogP contribution in [0.15, 0.2) is 12.5 Å². The number of carbonyl (C=O) groups is 2. The second kappa shape index (κ2) is 4.25. The highest BCUT2D eigenvalue weighted by Crippen LogP contribution is 2.07. The molecule has 0 N–H and O–H groups in total. The van der Waals surface area contributed by atoms with Crippen molar-refractivity contribution in [3.05, 3.63) is 18.2 Å². The van der Waals surface area contributed by atoms with Crippen LogP contribution in [0.1, 0.15) is 31.3 Å². The van der Waals surface area contributed by atoms with Crippen LogP contribution in [-0.4, -0.2) is 27.4 Å². The van der Waals surface area contributed by atoms with E-state index < -0.39 is 5.60 Å². The highest BCUT2D eigenvalue weighted by Gasteiger charge is 2.16. The van der Waals surface area contributed by atoms with E-state index in [-0.39, 0.29) is 12.5 Å². The van der Waals surface area contributed by atoms with Crippen LogP contribution >= 0.6 is 0 Å². The molecule has 0 saturated heterocycles. The van der Waals surface area contributed by atoms with Gasteiger partial charge in [0.2, 0.25) is 0 Å². The van der Waals surface area contributed by atoms with Crippen molar-refractivity contribution in [2.45, 2.75) is 32.9 Å². The Morgan fingerprint density at radius 1 is 1.60 bits per heavy atom. The Kier molecular flexibility index (Phi) is 3.24. The zero-order valence-corrected chi connectivity index (χ0v) is 9.06. The summed E-state index contributed by atoms with van der Waals surface area (Å²) in [6, 6.07) is 0. The SMILES string of the molecule is CC(C)(C)OC(=O)Cn1cnc(C=O)c1. The first kappa shape index (κ1) is 11.4. The molecule has 0 aliphatic rings. The minimum absolute atomic E-state index is 0.0676. The molecule has 1 aromatic heterocycles. The van der Waals surface area contributed by atoms with E-state index in [4.69, 9.17) is 4.74 Å². The quantitative estimate of drug-likeness (QED) is 0.552. The summed E-state index contributed by atoms with van der Waals surface area (Å²) in [6.07, 6.45) is 3.55. The van der Waals surface area contributed by atoms with E-state index >= 15 is 0 Å². The second-order valence-corrected chi connectivity index (χ2v) is 4.18. The Morgan fingerprint density at radius 3 is 2.73 bits per heavy atom. The van der Waals surface area contributed by atoms with Crippen molar-refractivity contribution >= 4 is 12.3 Å². The van der Waals surface area contributed by atoms with Gasteiger partial charge in [0.15, 0.2) is 6.29 Å². The lowest BCUT2D eigenvalue weighted by molar-refractivity contribution is -0.155. The molecule has 0 atom stereocenters. The van der Waals surface area contributed by atoms with E-state index in [9.17, 15) is 9.59 Å². The van der Waals surface area contributed by atoms with Crippen LogP contribution in [-0.2, 0) is 16.1 Å². The highest BCUT2D eigenvalue weighted by atomic mass is 16.6. The van der Waals surface area contributed by atoms with Crippen LogP contribution in [0.3, 0.4) is 0 Å². The summed E-state index contributed by atoms with van der Waals surface area (Å²) in [4.78, 5) is 25.5. The van der Waals surface area contributed by atoms with Crippen molar-refractivity contribution in [2.75, 3.05) is 0 Å². The van der Waals surface area contributed by atoms with E-state index in [0.717, 1.165) is 0 Å². The van der Waals surface area contributed by atoms with Crippen LogP contribution < -0.4 is 0 Å². The first-order valence-electron chi connectivity index (χ1n) is 4.59. The van der Waals surface area contributed by atoms with Crippen molar-refractivity contribution < 1.29 is 14.3 Å². The smallest absolute Gasteiger partial charge is 0.326 e. The van der Waals surface area contributed by atoms with Gasteiger partial charge in [0.25, 0.3) is 0 Å². The number of aromatic nitrogens is 2. The van der Waals surface area contributed by atoms with Crippen LogP contribution in [0.2, 0.25) is 0 Å². The molecule has 1 aromatic rings. The van der Waals surface area contributed by atoms with Gasteiger partial charge < -0.3 is 9.30 Å². The van der Waals surface area contributed by atoms with Crippen LogP contribution in [0.25, 0.3) is 0 Å². The summed E-state index contributed by atoms with van der Waals surface area (Å²) < 4.78 is 6.62. The number of aldehydes is 1. The molecule has 82 valence electrons. The van der Waals surface area contributed by atoms with E-state index in [2.05, 4.69) is 4.98 Å². The number of rotatable bonds is 3. The molecule has 5 heteroatoms. The molecule has 0 radical (unpaired) electrons. The van der Waals surface area contributed by atoms with Gasteiger partial charge in [-0.15, -0.1) is 0 Å². The standard InChI is InChI=1S/C10H14N2O3/c1-10(2,3)15-9(14)5-12-4-8(6-13)11-7-12/h4,6-7H,5H2,1-3H3. The van der Waals surface area contributed by atoms with Gasteiger partial charge in [-0.2, -0.15) is 0 Å². The zero-order chi connectivity index (χ0) is 11.5. The molecular formula is C10H14N2O3. The van der Waals surface area contributed by atoms with Gasteiger partial charge in [-0.25, -0.2) is 4.98 Å². The Labute approximate surface area is 88.1 Å². The third-order valence-electron chi connectivity index (χ3n) is 1.51. The van der Waals surface area contributed by atoms with Crippen LogP contribution in [0.5, 0.6) is 0 Å². The molecule has 5 nitrogen and oxygen atoms in total. The number of nitrogens with zero attached hydrogens (tertiary/aromatic N) is 2. The fourth-order valence-electron chi connectivity index (χ4n) is 1.05. The molecule has 15 heavy (non-hydrogen) atoms. The second-order valence-electron chi connectivity index (χ2n) is 4.18. The lowest BCUT2D eigenvalue weighted by Gasteiger charge is -2.19. The van der Waals surface area contributed by atoms with Gasteiger partial charge in [-0.3, -0.25) is 9.59 Å². The summed E-state index contributed by atoms with van der Waals surface area (Å²) in [5.41, 5.74) is -0.191. The summed E-state index contributed by atoms with van der Waals surface area (Å²) in [5.74, 6) is -0.350. The van der Waals surface area contributed by atoms with E-state index in [1.807, 2.05) is 0 Å². The Bertz CT molecular complexity index is 363. The number of imidazole rings is 1. The maximum atomic E-state index is 11.4. The summed E-state index contributed by atoms with van der Waals surface area (Å²) >= 11 is 0. The van der Waals surface area contributed by atoms with Gasteiger partial charge in [0.1, 0.15) is 17.8 Å². The molecule has 0 saturated carbocycles. The fourth-order valence-corrected chi connectivity index (χ4v) is 1.05. The van der Waals surface area contributed by atoms with Crippen molar-refractivity contribution in [2.24, 2.45) is 0 Å². The van der Waals surface area contributed by atoms with Crippen molar-refractivity contribution in [3.8, 4) is 0 Å². The van der Waals surface area contributed by atoms with Gasteiger partial charge in [-0.1, -0.05) is 0 Å². The molecular weight excluding hydrogens is 196 g/mol. The first-order chi connectivity index (χ1) is 6.90. The van der Waals surface area contributed by atoms with Crippen molar-refractivity contribution in [1.29, 1.82) is 0 Å². The lowest BCUT2D eigenvalue weighted by Crippen LogP contribution is -2.26. The van der Waals surface area contributed by atoms with Crippen molar-refractivity contribution in [3.63, 3.8) is 0 Å². The van der Waals surface area contributed by atoms with E-state index in [1.54, 1.807) is 20.8 Å². The monoisotopic (exact) mass is 210 g/mol. The molecule has 0 fully saturated rings. The van der Waals surface area contributed by atoms with Gasteiger partial charge in [-0.05, 0) is 20.8 Å². The van der Waals surface area contributed by atoms with Crippen LogP contribution in [0, 0.1) is 0 Å². The Morgan fingerprint density at radius 2 is 2.27 bits per heavy atom. The average Bonchev–Trinajstić information content (AvgIpc) is 2.48. The molecule has 0 spiro atoms. The predicted octanol–water partition coefficient (Wildman–Crippen LogP) is 1.04. The Balaban J connectivity index is 2.55. The molecule has 0 unspecified atom stereocenters. The molecule has 0 bridgehead atoms. The minimum Gasteiger partial charge on any atom is -0.459 e. The number of esters is 1. The maximum Gasteiger partial charge on any atom is 0.326 e. The fraction of sp³-hybridized carbons (Fsp3) is 0.500. The lowest BCUT2D eigenvalue weighted by atomic mass is 10.2. The van der Waals surface area contributed by atoms with E-state index in [0.29, 0.717) is 12.0 Å². The molecule has 0 aliphatic heterocycles. The molecule has 0 aliphatic carbocycles. The minimum atomic E-state index is -0.495.